The number of nitrogens with one attached hydrogen (secondary N) is 2. The predicted molar refractivity (Wildman–Crippen MR) is 102 cm³/mol. The number of hydrogen-bond donors (Lipinski definition) is 3. The summed E-state index contributed by atoms with van der Waals surface area (Å²) in [5.74, 6) is 0.852. The highest BCUT2D eigenvalue weighted by Gasteiger charge is 2.26. The average Bonchev–Trinajstić information content (AvgIpc) is 3.13. The van der Waals surface area contributed by atoms with Crippen LogP contribution in [0.3, 0.4) is 0 Å². The van der Waals surface area contributed by atoms with Gasteiger partial charge in [-0.1, -0.05) is 26.0 Å². The van der Waals surface area contributed by atoms with Gasteiger partial charge in [0.1, 0.15) is 17.2 Å². The monoisotopic (exact) mass is 361 g/mol. The minimum Gasteiger partial charge on any atom is -0.466 e. The molecule has 142 valence electrons. The first-order chi connectivity index (χ1) is 12.2. The molecule has 5 nitrogen and oxygen atoms in total. The van der Waals surface area contributed by atoms with Gasteiger partial charge in [0.15, 0.2) is 5.96 Å². The fourth-order valence-electron chi connectivity index (χ4n) is 2.54. The molecule has 1 heterocycles. The molecule has 0 amide bonds. The summed E-state index contributed by atoms with van der Waals surface area (Å²) in [7, 11) is 0. The second kappa shape index (κ2) is 8.36. The highest BCUT2D eigenvalue weighted by molar-refractivity contribution is 5.79. The second-order valence-electron chi connectivity index (χ2n) is 7.19. The highest BCUT2D eigenvalue weighted by atomic mass is 19.1. The Kier molecular flexibility index (Phi) is 6.42. The topological polar surface area (TPSA) is 69.8 Å². The Morgan fingerprint density at radius 2 is 1.85 bits per heavy atom. The fourth-order valence-corrected chi connectivity index (χ4v) is 2.54. The van der Waals surface area contributed by atoms with E-state index >= 15 is 0 Å². The van der Waals surface area contributed by atoms with Gasteiger partial charge in [0.05, 0.1) is 19.4 Å². The molecular weight excluding hydrogens is 333 g/mol. The molecular formula is C20H28FN3O2. The van der Waals surface area contributed by atoms with Gasteiger partial charge in [-0.15, -0.1) is 0 Å². The van der Waals surface area contributed by atoms with Gasteiger partial charge in [0.2, 0.25) is 0 Å². The lowest BCUT2D eigenvalue weighted by Gasteiger charge is -2.25. The van der Waals surface area contributed by atoms with Crippen LogP contribution in [-0.2, 0) is 11.0 Å². The minimum absolute atomic E-state index is 0.247. The molecule has 6 heteroatoms. The molecule has 0 radical (unpaired) electrons. The van der Waals surface area contributed by atoms with Gasteiger partial charge in [-0.3, -0.25) is 4.99 Å². The zero-order valence-corrected chi connectivity index (χ0v) is 15.8. The number of furan rings is 1. The third-order valence-electron chi connectivity index (χ3n) is 4.25. The lowest BCUT2D eigenvalue weighted by molar-refractivity contribution is 0.0386. The first kappa shape index (κ1) is 20.0. The molecule has 0 bridgehead atoms. The highest BCUT2D eigenvalue weighted by Crippen LogP contribution is 2.24. The summed E-state index contributed by atoms with van der Waals surface area (Å²) in [4.78, 5) is 4.63. The van der Waals surface area contributed by atoms with Gasteiger partial charge in [0, 0.05) is 12.0 Å². The van der Waals surface area contributed by atoms with Crippen LogP contribution in [0.15, 0.2) is 52.1 Å². The fraction of sp³-hybridized carbons (Fsp3) is 0.450. The third-order valence-corrected chi connectivity index (χ3v) is 4.25. The van der Waals surface area contributed by atoms with Gasteiger partial charge < -0.3 is 20.2 Å². The maximum atomic E-state index is 13.1. The van der Waals surface area contributed by atoms with E-state index in [-0.39, 0.29) is 17.8 Å². The Balaban J connectivity index is 2.04. The van der Waals surface area contributed by atoms with Crippen LogP contribution in [0.25, 0.3) is 0 Å². The van der Waals surface area contributed by atoms with Gasteiger partial charge in [0.25, 0.3) is 0 Å². The Labute approximate surface area is 154 Å². The third kappa shape index (κ3) is 5.33. The van der Waals surface area contributed by atoms with Crippen molar-refractivity contribution in [2.24, 2.45) is 4.99 Å². The molecule has 0 aliphatic rings. The molecule has 1 aromatic carbocycles. The van der Waals surface area contributed by atoms with Crippen LogP contribution in [0.2, 0.25) is 0 Å². The SMILES string of the molecule is CCNC(=NCC(C)(C)c1ccc(F)cc1)NCC(C)(O)c1ccco1. The van der Waals surface area contributed by atoms with Gasteiger partial charge in [-0.2, -0.15) is 0 Å². The number of halogens is 1. The zero-order chi connectivity index (χ0) is 19.2. The van der Waals surface area contributed by atoms with E-state index in [9.17, 15) is 9.50 Å². The Bertz CT molecular complexity index is 707. The molecule has 26 heavy (non-hydrogen) atoms. The van der Waals surface area contributed by atoms with Crippen molar-refractivity contribution in [3.05, 3.63) is 59.8 Å². The second-order valence-corrected chi connectivity index (χ2v) is 7.19. The number of rotatable bonds is 7. The van der Waals surface area contributed by atoms with Crippen molar-refractivity contribution in [3.63, 3.8) is 0 Å². The summed E-state index contributed by atoms with van der Waals surface area (Å²) in [6.45, 7) is 9.25. The van der Waals surface area contributed by atoms with Crippen molar-refractivity contribution < 1.29 is 13.9 Å². The average molecular weight is 361 g/mol. The van der Waals surface area contributed by atoms with Crippen molar-refractivity contribution in [2.45, 2.75) is 38.7 Å². The summed E-state index contributed by atoms with van der Waals surface area (Å²) in [5.41, 5.74) is -0.382. The molecule has 3 N–H and O–H groups in total. The van der Waals surface area contributed by atoms with Crippen LogP contribution in [0, 0.1) is 5.82 Å². The molecule has 1 atom stereocenters. The van der Waals surface area contributed by atoms with Crippen molar-refractivity contribution in [1.82, 2.24) is 10.6 Å². The van der Waals surface area contributed by atoms with E-state index in [1.165, 1.54) is 18.4 Å². The molecule has 0 saturated carbocycles. The van der Waals surface area contributed by atoms with Crippen LogP contribution in [-0.4, -0.2) is 30.7 Å². The quantitative estimate of drug-likeness (QED) is 0.523. The Hall–Kier alpha value is -2.34. The van der Waals surface area contributed by atoms with Gasteiger partial charge in [-0.25, -0.2) is 4.39 Å². The largest absolute Gasteiger partial charge is 0.466 e. The van der Waals surface area contributed by atoms with Crippen LogP contribution in [0.5, 0.6) is 0 Å². The number of guanidine groups is 1. The van der Waals surface area contributed by atoms with E-state index in [1.54, 1.807) is 31.2 Å². The summed E-state index contributed by atoms with van der Waals surface area (Å²) in [5, 5.41) is 16.9. The van der Waals surface area contributed by atoms with Gasteiger partial charge >= 0.3 is 0 Å². The number of aliphatic imine (C=N–C) groups is 1. The van der Waals surface area contributed by atoms with E-state index in [2.05, 4.69) is 29.5 Å². The molecule has 2 rings (SSSR count). The normalized spacial score (nSPS) is 14.8. The van der Waals surface area contributed by atoms with Crippen LogP contribution in [0.4, 0.5) is 4.39 Å². The van der Waals surface area contributed by atoms with Gasteiger partial charge in [-0.05, 0) is 43.7 Å². The van der Waals surface area contributed by atoms with Crippen LogP contribution in [0.1, 0.15) is 39.0 Å². The summed E-state index contributed by atoms with van der Waals surface area (Å²) >= 11 is 0. The van der Waals surface area contributed by atoms with Crippen molar-refractivity contribution in [2.75, 3.05) is 19.6 Å². The van der Waals surface area contributed by atoms with Crippen LogP contribution < -0.4 is 10.6 Å². The van der Waals surface area contributed by atoms with E-state index in [0.29, 0.717) is 24.8 Å². The predicted octanol–water partition coefficient (Wildman–Crippen LogP) is 3.16. The van der Waals surface area contributed by atoms with E-state index in [1.807, 2.05) is 6.92 Å². The maximum absolute atomic E-state index is 13.1. The number of nitrogens with zero attached hydrogens (tertiary/aromatic N) is 1. The molecule has 0 aliphatic carbocycles. The van der Waals surface area contributed by atoms with E-state index in [4.69, 9.17) is 4.42 Å². The first-order valence-electron chi connectivity index (χ1n) is 8.79. The summed E-state index contributed by atoms with van der Waals surface area (Å²) < 4.78 is 18.4. The van der Waals surface area contributed by atoms with Crippen molar-refractivity contribution in [3.8, 4) is 0 Å². The minimum atomic E-state index is -1.15. The summed E-state index contributed by atoms with van der Waals surface area (Å²) in [6, 6.07) is 9.98. The van der Waals surface area contributed by atoms with Crippen molar-refractivity contribution >= 4 is 5.96 Å². The Morgan fingerprint density at radius 3 is 2.42 bits per heavy atom. The smallest absolute Gasteiger partial charge is 0.191 e. The molecule has 1 aromatic heterocycles. The first-order valence-corrected chi connectivity index (χ1v) is 8.79. The zero-order valence-electron chi connectivity index (χ0n) is 15.8. The standard InChI is InChI=1S/C20H28FN3O2/c1-5-22-18(24-14-20(4,25)17-7-6-12-26-17)23-13-19(2,3)15-8-10-16(21)11-9-15/h6-12,25H,5,13-14H2,1-4H3,(H2,22,23,24). The molecule has 0 aliphatic heterocycles. The molecule has 1 unspecified atom stereocenters. The number of aliphatic hydroxyl groups is 1. The van der Waals surface area contributed by atoms with Crippen LogP contribution >= 0.6 is 0 Å². The number of hydrogen-bond acceptors (Lipinski definition) is 3. The lowest BCUT2D eigenvalue weighted by atomic mass is 9.85. The maximum Gasteiger partial charge on any atom is 0.191 e. The summed E-state index contributed by atoms with van der Waals surface area (Å²) in [6.07, 6.45) is 1.54. The molecule has 0 saturated heterocycles. The van der Waals surface area contributed by atoms with Crippen molar-refractivity contribution in [1.29, 1.82) is 0 Å². The molecule has 2 aromatic rings. The molecule has 0 spiro atoms. The Morgan fingerprint density at radius 1 is 1.15 bits per heavy atom. The lowest BCUT2D eigenvalue weighted by Crippen LogP contribution is -2.45. The molecule has 0 fully saturated rings. The van der Waals surface area contributed by atoms with E-state index < -0.39 is 5.60 Å². The van der Waals surface area contributed by atoms with E-state index in [0.717, 1.165) is 5.56 Å². The number of benzene rings is 1.